The van der Waals surface area contributed by atoms with Gasteiger partial charge in [0, 0.05) is 4.47 Å². The zero-order valence-electron chi connectivity index (χ0n) is 9.79. The van der Waals surface area contributed by atoms with Crippen molar-refractivity contribution in [3.63, 3.8) is 0 Å². The minimum atomic E-state index is 0.283. The molecule has 3 heteroatoms. The van der Waals surface area contributed by atoms with Gasteiger partial charge in [-0.2, -0.15) is 5.26 Å². The molecule has 0 bridgehead atoms. The van der Waals surface area contributed by atoms with Crippen molar-refractivity contribution in [3.05, 3.63) is 28.2 Å². The van der Waals surface area contributed by atoms with Gasteiger partial charge in [0.15, 0.2) is 0 Å². The number of benzene rings is 1. The summed E-state index contributed by atoms with van der Waals surface area (Å²) in [6.45, 7) is 0. The van der Waals surface area contributed by atoms with Crippen LogP contribution < -0.4 is 4.74 Å². The van der Waals surface area contributed by atoms with Crippen LogP contribution in [0.25, 0.3) is 0 Å². The van der Waals surface area contributed by atoms with Gasteiger partial charge in [-0.15, -0.1) is 0 Å². The lowest BCUT2D eigenvalue weighted by molar-refractivity contribution is 0.183. The maximum absolute atomic E-state index is 9.08. The standard InChI is InChI=1S/C14H16BrNO/c15-12-7-8-14(11(9-12)10-16)17-13-5-3-1-2-4-6-13/h7-9,13H,1-6H2. The van der Waals surface area contributed by atoms with Crippen LogP contribution in [-0.2, 0) is 0 Å². The fraction of sp³-hybridized carbons (Fsp3) is 0.500. The fourth-order valence-electron chi connectivity index (χ4n) is 2.23. The van der Waals surface area contributed by atoms with Crippen LogP contribution in [0.4, 0.5) is 0 Å². The highest BCUT2D eigenvalue weighted by Gasteiger charge is 2.15. The Kier molecular flexibility index (Phi) is 4.44. The first-order valence-corrected chi connectivity index (χ1v) is 6.95. The lowest BCUT2D eigenvalue weighted by Gasteiger charge is -2.17. The van der Waals surface area contributed by atoms with Gasteiger partial charge in [-0.05, 0) is 43.9 Å². The molecular weight excluding hydrogens is 278 g/mol. The summed E-state index contributed by atoms with van der Waals surface area (Å²) in [4.78, 5) is 0. The molecule has 1 fully saturated rings. The zero-order chi connectivity index (χ0) is 12.1. The Morgan fingerprint density at radius 3 is 2.53 bits per heavy atom. The quantitative estimate of drug-likeness (QED) is 0.756. The minimum absolute atomic E-state index is 0.283. The van der Waals surface area contributed by atoms with Gasteiger partial charge in [-0.25, -0.2) is 0 Å². The molecule has 1 saturated carbocycles. The molecule has 2 nitrogen and oxygen atoms in total. The summed E-state index contributed by atoms with van der Waals surface area (Å²) in [7, 11) is 0. The van der Waals surface area contributed by atoms with E-state index in [1.807, 2.05) is 18.2 Å². The Bertz CT molecular complexity index is 417. The zero-order valence-corrected chi connectivity index (χ0v) is 11.4. The van der Waals surface area contributed by atoms with E-state index in [0.29, 0.717) is 5.56 Å². The second-order valence-corrected chi connectivity index (χ2v) is 5.40. The molecule has 0 spiro atoms. The Hall–Kier alpha value is -1.01. The predicted molar refractivity (Wildman–Crippen MR) is 71.0 cm³/mol. The van der Waals surface area contributed by atoms with Crippen LogP contribution in [0.5, 0.6) is 5.75 Å². The van der Waals surface area contributed by atoms with Gasteiger partial charge < -0.3 is 4.74 Å². The van der Waals surface area contributed by atoms with Crippen LogP contribution in [0.3, 0.4) is 0 Å². The molecule has 0 heterocycles. The molecule has 2 rings (SSSR count). The van der Waals surface area contributed by atoms with E-state index in [-0.39, 0.29) is 6.10 Å². The Labute approximate surface area is 111 Å². The predicted octanol–water partition coefficient (Wildman–Crippen LogP) is 4.42. The molecule has 90 valence electrons. The number of hydrogen-bond acceptors (Lipinski definition) is 2. The SMILES string of the molecule is N#Cc1cc(Br)ccc1OC1CCCCCC1. The van der Waals surface area contributed by atoms with Crippen LogP contribution in [0, 0.1) is 11.3 Å². The van der Waals surface area contributed by atoms with Gasteiger partial charge in [0.25, 0.3) is 0 Å². The fourth-order valence-corrected chi connectivity index (χ4v) is 2.59. The van der Waals surface area contributed by atoms with Crippen molar-refractivity contribution in [1.29, 1.82) is 5.26 Å². The number of ether oxygens (including phenoxy) is 1. The van der Waals surface area contributed by atoms with Gasteiger partial charge in [0.2, 0.25) is 0 Å². The van der Waals surface area contributed by atoms with E-state index in [0.717, 1.165) is 23.1 Å². The van der Waals surface area contributed by atoms with Crippen molar-refractivity contribution in [1.82, 2.24) is 0 Å². The lowest BCUT2D eigenvalue weighted by Crippen LogP contribution is -2.15. The Morgan fingerprint density at radius 2 is 1.88 bits per heavy atom. The largest absolute Gasteiger partial charge is 0.489 e. The molecule has 0 N–H and O–H groups in total. The van der Waals surface area contributed by atoms with Crippen LogP contribution in [0.15, 0.2) is 22.7 Å². The molecule has 0 saturated heterocycles. The van der Waals surface area contributed by atoms with Crippen LogP contribution in [-0.4, -0.2) is 6.10 Å². The van der Waals surface area contributed by atoms with Crippen molar-refractivity contribution in [2.75, 3.05) is 0 Å². The molecule has 1 aromatic rings. The molecule has 0 atom stereocenters. The van der Waals surface area contributed by atoms with Gasteiger partial charge in [0.1, 0.15) is 11.8 Å². The van der Waals surface area contributed by atoms with Crippen LogP contribution >= 0.6 is 15.9 Å². The molecule has 1 aromatic carbocycles. The van der Waals surface area contributed by atoms with Crippen LogP contribution in [0.1, 0.15) is 44.1 Å². The first kappa shape index (κ1) is 12.4. The molecule has 1 aliphatic carbocycles. The topological polar surface area (TPSA) is 33.0 Å². The summed E-state index contributed by atoms with van der Waals surface area (Å²) in [5.41, 5.74) is 0.614. The number of rotatable bonds is 2. The third kappa shape index (κ3) is 3.47. The van der Waals surface area contributed by atoms with Crippen molar-refractivity contribution < 1.29 is 4.74 Å². The monoisotopic (exact) mass is 293 g/mol. The van der Waals surface area contributed by atoms with Gasteiger partial charge in [-0.1, -0.05) is 28.8 Å². The van der Waals surface area contributed by atoms with E-state index in [2.05, 4.69) is 22.0 Å². The van der Waals surface area contributed by atoms with Gasteiger partial charge in [0.05, 0.1) is 11.7 Å². The molecule has 17 heavy (non-hydrogen) atoms. The van der Waals surface area contributed by atoms with Crippen molar-refractivity contribution in [2.45, 2.75) is 44.6 Å². The highest BCUT2D eigenvalue weighted by atomic mass is 79.9. The number of nitriles is 1. The average molecular weight is 294 g/mol. The van der Waals surface area contributed by atoms with E-state index in [4.69, 9.17) is 10.00 Å². The second-order valence-electron chi connectivity index (χ2n) is 4.48. The first-order valence-electron chi connectivity index (χ1n) is 6.16. The van der Waals surface area contributed by atoms with E-state index in [9.17, 15) is 0 Å². The summed E-state index contributed by atoms with van der Waals surface area (Å²) in [6.07, 6.45) is 7.61. The smallest absolute Gasteiger partial charge is 0.137 e. The van der Waals surface area contributed by atoms with Crippen molar-refractivity contribution in [3.8, 4) is 11.8 Å². The highest BCUT2D eigenvalue weighted by molar-refractivity contribution is 9.10. The number of hydrogen-bond donors (Lipinski definition) is 0. The summed E-state index contributed by atoms with van der Waals surface area (Å²) < 4.78 is 6.89. The van der Waals surface area contributed by atoms with E-state index < -0.39 is 0 Å². The highest BCUT2D eigenvalue weighted by Crippen LogP contribution is 2.27. The third-order valence-corrected chi connectivity index (χ3v) is 3.65. The molecule has 0 amide bonds. The number of halogens is 1. The summed E-state index contributed by atoms with van der Waals surface area (Å²) in [5.74, 6) is 0.725. The maximum Gasteiger partial charge on any atom is 0.137 e. The van der Waals surface area contributed by atoms with Crippen molar-refractivity contribution >= 4 is 15.9 Å². The average Bonchev–Trinajstić information content (AvgIpc) is 2.60. The molecule has 1 aliphatic rings. The molecule has 0 aromatic heterocycles. The second kappa shape index (κ2) is 6.07. The third-order valence-electron chi connectivity index (χ3n) is 3.16. The minimum Gasteiger partial charge on any atom is -0.489 e. The van der Waals surface area contributed by atoms with E-state index in [1.165, 1.54) is 25.7 Å². The Balaban J connectivity index is 2.09. The lowest BCUT2D eigenvalue weighted by atomic mass is 10.1. The van der Waals surface area contributed by atoms with E-state index in [1.54, 1.807) is 0 Å². The Morgan fingerprint density at radius 1 is 1.18 bits per heavy atom. The summed E-state index contributed by atoms with van der Waals surface area (Å²) >= 11 is 3.37. The summed E-state index contributed by atoms with van der Waals surface area (Å²) in [6, 6.07) is 7.80. The van der Waals surface area contributed by atoms with E-state index >= 15 is 0 Å². The molecule has 0 radical (unpaired) electrons. The normalized spacial score (nSPS) is 17.2. The molecule has 0 aliphatic heterocycles. The van der Waals surface area contributed by atoms with Crippen molar-refractivity contribution in [2.24, 2.45) is 0 Å². The van der Waals surface area contributed by atoms with Gasteiger partial charge in [-0.3, -0.25) is 0 Å². The first-order chi connectivity index (χ1) is 8.29. The molecular formula is C14H16BrNO. The maximum atomic E-state index is 9.08. The number of nitrogens with zero attached hydrogens (tertiary/aromatic N) is 1. The summed E-state index contributed by atoms with van der Waals surface area (Å²) in [5, 5.41) is 9.08. The van der Waals surface area contributed by atoms with Gasteiger partial charge >= 0.3 is 0 Å². The molecule has 0 unspecified atom stereocenters. The van der Waals surface area contributed by atoms with Crippen LogP contribution in [0.2, 0.25) is 0 Å².